The number of Topliss-reactive ketones (excluding diaryl/α,β-unsaturated/α-hetero) is 1. The van der Waals surface area contributed by atoms with Gasteiger partial charge in [0, 0.05) is 23.5 Å². The van der Waals surface area contributed by atoms with E-state index in [0.29, 0.717) is 19.4 Å². The highest BCUT2D eigenvalue weighted by molar-refractivity contribution is 5.87. The van der Waals surface area contributed by atoms with Crippen LogP contribution in [0.3, 0.4) is 0 Å². The van der Waals surface area contributed by atoms with Crippen molar-refractivity contribution in [3.8, 4) is 11.8 Å². The molecular weight excluding hydrogens is 258 g/mol. The predicted octanol–water partition coefficient (Wildman–Crippen LogP) is 2.64. The molecule has 2 aromatic rings. The normalized spacial score (nSPS) is 15.8. The van der Waals surface area contributed by atoms with Crippen LogP contribution in [0.2, 0.25) is 0 Å². The summed E-state index contributed by atoms with van der Waals surface area (Å²) in [5, 5.41) is 0. The SMILES string of the molecule is NCCC(=O)C1Cc2ccccc2C#Cc2ccccc21. The van der Waals surface area contributed by atoms with E-state index in [-0.39, 0.29) is 11.7 Å². The van der Waals surface area contributed by atoms with Gasteiger partial charge in [-0.3, -0.25) is 4.79 Å². The van der Waals surface area contributed by atoms with Crippen LogP contribution >= 0.6 is 0 Å². The Morgan fingerprint density at radius 3 is 2.52 bits per heavy atom. The molecule has 3 rings (SSSR count). The summed E-state index contributed by atoms with van der Waals surface area (Å²) in [4.78, 5) is 12.5. The minimum absolute atomic E-state index is 0.152. The lowest BCUT2D eigenvalue weighted by Gasteiger charge is -2.20. The number of fused-ring (bicyclic) bond motifs is 2. The van der Waals surface area contributed by atoms with E-state index in [1.54, 1.807) is 0 Å². The van der Waals surface area contributed by atoms with Gasteiger partial charge in [-0.25, -0.2) is 0 Å². The first-order valence-corrected chi connectivity index (χ1v) is 7.21. The molecule has 1 unspecified atom stereocenters. The average Bonchev–Trinajstić information content (AvgIpc) is 2.50. The van der Waals surface area contributed by atoms with E-state index in [2.05, 4.69) is 17.9 Å². The van der Waals surface area contributed by atoms with Crippen molar-refractivity contribution in [1.82, 2.24) is 0 Å². The van der Waals surface area contributed by atoms with Crippen LogP contribution in [0.4, 0.5) is 0 Å². The van der Waals surface area contributed by atoms with Gasteiger partial charge in [0.2, 0.25) is 0 Å². The number of ketones is 1. The molecule has 104 valence electrons. The van der Waals surface area contributed by atoms with E-state index < -0.39 is 0 Å². The molecule has 21 heavy (non-hydrogen) atoms. The lowest BCUT2D eigenvalue weighted by Crippen LogP contribution is -2.20. The number of benzene rings is 2. The zero-order chi connectivity index (χ0) is 14.7. The summed E-state index contributed by atoms with van der Waals surface area (Å²) in [5.74, 6) is 6.49. The molecule has 2 aromatic carbocycles. The van der Waals surface area contributed by atoms with Crippen molar-refractivity contribution >= 4 is 5.78 Å². The standard InChI is InChI=1S/C19H17NO/c20-12-11-19(21)18-13-16-7-2-1-5-14(16)9-10-15-6-3-4-8-17(15)18/h1-8,18H,11-13,20H2. The predicted molar refractivity (Wildman–Crippen MR) is 84.0 cm³/mol. The van der Waals surface area contributed by atoms with E-state index in [0.717, 1.165) is 22.3 Å². The molecule has 2 heteroatoms. The lowest BCUT2D eigenvalue weighted by atomic mass is 9.82. The van der Waals surface area contributed by atoms with Crippen LogP contribution in [0.1, 0.15) is 34.6 Å². The third kappa shape index (κ3) is 2.74. The molecule has 0 saturated carbocycles. The molecule has 0 aromatic heterocycles. The Labute approximate surface area is 125 Å². The first-order chi connectivity index (χ1) is 10.3. The molecule has 1 aliphatic carbocycles. The zero-order valence-electron chi connectivity index (χ0n) is 11.8. The van der Waals surface area contributed by atoms with Gasteiger partial charge in [-0.2, -0.15) is 0 Å². The maximum atomic E-state index is 12.5. The van der Waals surface area contributed by atoms with Gasteiger partial charge in [0.1, 0.15) is 5.78 Å². The lowest BCUT2D eigenvalue weighted by molar-refractivity contribution is -0.120. The van der Waals surface area contributed by atoms with Gasteiger partial charge in [-0.1, -0.05) is 48.2 Å². The van der Waals surface area contributed by atoms with Crippen LogP contribution in [-0.2, 0) is 11.2 Å². The quantitative estimate of drug-likeness (QED) is 0.875. The largest absolute Gasteiger partial charge is 0.330 e. The number of hydrogen-bond acceptors (Lipinski definition) is 2. The van der Waals surface area contributed by atoms with Crippen molar-refractivity contribution in [3.63, 3.8) is 0 Å². The Hall–Kier alpha value is -2.37. The molecule has 2 nitrogen and oxygen atoms in total. The zero-order valence-corrected chi connectivity index (χ0v) is 11.8. The highest BCUT2D eigenvalue weighted by Crippen LogP contribution is 2.28. The second-order valence-electron chi connectivity index (χ2n) is 5.26. The van der Waals surface area contributed by atoms with E-state index in [1.165, 1.54) is 0 Å². The summed E-state index contributed by atoms with van der Waals surface area (Å²) < 4.78 is 0. The maximum Gasteiger partial charge on any atom is 0.141 e. The molecular formula is C19H17NO. The van der Waals surface area contributed by atoms with Gasteiger partial charge < -0.3 is 5.73 Å². The smallest absolute Gasteiger partial charge is 0.141 e. The monoisotopic (exact) mass is 275 g/mol. The maximum absolute atomic E-state index is 12.5. The van der Waals surface area contributed by atoms with E-state index >= 15 is 0 Å². The third-order valence-corrected chi connectivity index (χ3v) is 3.89. The van der Waals surface area contributed by atoms with Crippen LogP contribution in [-0.4, -0.2) is 12.3 Å². The summed E-state index contributed by atoms with van der Waals surface area (Å²) in [7, 11) is 0. The molecule has 0 radical (unpaired) electrons. The van der Waals surface area contributed by atoms with E-state index in [4.69, 9.17) is 5.73 Å². The van der Waals surface area contributed by atoms with Crippen molar-refractivity contribution in [2.45, 2.75) is 18.8 Å². The number of rotatable bonds is 3. The molecule has 0 spiro atoms. The van der Waals surface area contributed by atoms with E-state index in [1.807, 2.05) is 42.5 Å². The summed E-state index contributed by atoms with van der Waals surface area (Å²) >= 11 is 0. The molecule has 1 aliphatic rings. The summed E-state index contributed by atoms with van der Waals surface area (Å²) in [6, 6.07) is 16.0. The van der Waals surface area contributed by atoms with E-state index in [9.17, 15) is 4.79 Å². The second kappa shape index (κ2) is 5.95. The van der Waals surface area contributed by atoms with Crippen LogP contribution in [0, 0.1) is 11.8 Å². The van der Waals surface area contributed by atoms with Gasteiger partial charge in [0.15, 0.2) is 0 Å². The van der Waals surface area contributed by atoms with Crippen LogP contribution in [0.15, 0.2) is 48.5 Å². The number of nitrogens with two attached hydrogens (primary N) is 1. The first kappa shape index (κ1) is 13.6. The van der Waals surface area contributed by atoms with Crippen molar-refractivity contribution in [1.29, 1.82) is 0 Å². The number of hydrogen-bond donors (Lipinski definition) is 1. The summed E-state index contributed by atoms with van der Waals surface area (Å²) in [6.45, 7) is 0.394. The highest BCUT2D eigenvalue weighted by atomic mass is 16.1. The van der Waals surface area contributed by atoms with Gasteiger partial charge >= 0.3 is 0 Å². The average molecular weight is 275 g/mol. The fraction of sp³-hybridized carbons (Fsp3) is 0.211. The Kier molecular flexibility index (Phi) is 3.85. The van der Waals surface area contributed by atoms with Gasteiger partial charge in [-0.05, 0) is 36.2 Å². The fourth-order valence-corrected chi connectivity index (χ4v) is 2.80. The van der Waals surface area contributed by atoms with Gasteiger partial charge in [-0.15, -0.1) is 0 Å². The molecule has 1 atom stereocenters. The Morgan fingerprint density at radius 2 is 1.71 bits per heavy atom. The summed E-state index contributed by atoms with van der Waals surface area (Å²) in [6.07, 6.45) is 1.11. The summed E-state index contributed by atoms with van der Waals surface area (Å²) in [5.41, 5.74) is 9.69. The van der Waals surface area contributed by atoms with Crippen molar-refractivity contribution in [3.05, 3.63) is 70.8 Å². The molecule has 0 amide bonds. The minimum atomic E-state index is -0.152. The Bertz CT molecular complexity index is 736. The Balaban J connectivity index is 2.14. The van der Waals surface area contributed by atoms with Gasteiger partial charge in [0.25, 0.3) is 0 Å². The first-order valence-electron chi connectivity index (χ1n) is 7.21. The fourth-order valence-electron chi connectivity index (χ4n) is 2.80. The number of carbonyl (C=O) groups is 1. The molecule has 2 N–H and O–H groups in total. The van der Waals surface area contributed by atoms with Crippen molar-refractivity contribution in [2.24, 2.45) is 5.73 Å². The molecule has 0 fully saturated rings. The van der Waals surface area contributed by atoms with Gasteiger partial charge in [0.05, 0.1) is 0 Å². The van der Waals surface area contributed by atoms with Crippen LogP contribution < -0.4 is 5.73 Å². The minimum Gasteiger partial charge on any atom is -0.330 e. The van der Waals surface area contributed by atoms with Crippen LogP contribution in [0.25, 0.3) is 0 Å². The van der Waals surface area contributed by atoms with Crippen molar-refractivity contribution in [2.75, 3.05) is 6.54 Å². The molecule has 0 aliphatic heterocycles. The van der Waals surface area contributed by atoms with Crippen LogP contribution in [0.5, 0.6) is 0 Å². The molecule has 0 heterocycles. The van der Waals surface area contributed by atoms with Crippen molar-refractivity contribution < 1.29 is 4.79 Å². The highest BCUT2D eigenvalue weighted by Gasteiger charge is 2.24. The third-order valence-electron chi connectivity index (χ3n) is 3.89. The number of carbonyl (C=O) groups excluding carboxylic acids is 1. The Morgan fingerprint density at radius 1 is 1.05 bits per heavy atom. The molecule has 0 bridgehead atoms. The second-order valence-corrected chi connectivity index (χ2v) is 5.26. The topological polar surface area (TPSA) is 43.1 Å². The molecule has 0 saturated heterocycles.